The van der Waals surface area contributed by atoms with Gasteiger partial charge in [-0.25, -0.2) is 4.79 Å². The van der Waals surface area contributed by atoms with Gasteiger partial charge < -0.3 is 15.2 Å². The zero-order valence-electron chi connectivity index (χ0n) is 12.7. The van der Waals surface area contributed by atoms with Crippen molar-refractivity contribution >= 4 is 11.9 Å². The third-order valence-electron chi connectivity index (χ3n) is 4.21. The number of carbonyl (C=O) groups excluding carboxylic acids is 1. The maximum atomic E-state index is 12.3. The summed E-state index contributed by atoms with van der Waals surface area (Å²) in [7, 11) is 0. The Morgan fingerprint density at radius 1 is 1.35 bits per heavy atom. The maximum absolute atomic E-state index is 12.3. The summed E-state index contributed by atoms with van der Waals surface area (Å²) < 4.78 is 28.7. The zero-order chi connectivity index (χ0) is 17.0. The first-order valence-corrected chi connectivity index (χ1v) is 7.43. The number of benzene rings is 1. The molecule has 0 saturated heterocycles. The zero-order valence-corrected chi connectivity index (χ0v) is 12.7. The fraction of sp³-hybridized carbons (Fsp3) is 0.500. The number of halogens is 2. The average molecular weight is 327 g/mol. The smallest absolute Gasteiger partial charge is 0.387 e. The molecule has 1 aromatic rings. The lowest BCUT2D eigenvalue weighted by atomic mass is 9.77. The molecule has 0 atom stereocenters. The first kappa shape index (κ1) is 17.2. The van der Waals surface area contributed by atoms with E-state index in [1.54, 1.807) is 0 Å². The molecule has 0 bridgehead atoms. The van der Waals surface area contributed by atoms with E-state index in [1.165, 1.54) is 24.3 Å². The fourth-order valence-electron chi connectivity index (χ4n) is 2.75. The first-order chi connectivity index (χ1) is 10.8. The van der Waals surface area contributed by atoms with Gasteiger partial charge in [0.25, 0.3) is 5.91 Å². The maximum Gasteiger partial charge on any atom is 0.387 e. The number of aliphatic carboxylic acids is 1. The van der Waals surface area contributed by atoms with Gasteiger partial charge in [0.15, 0.2) is 0 Å². The van der Waals surface area contributed by atoms with Crippen molar-refractivity contribution in [2.45, 2.75) is 44.8 Å². The van der Waals surface area contributed by atoms with Crippen molar-refractivity contribution in [1.82, 2.24) is 5.32 Å². The third kappa shape index (κ3) is 4.18. The molecule has 2 N–H and O–H groups in total. The van der Waals surface area contributed by atoms with Crippen LogP contribution in [0.2, 0.25) is 0 Å². The van der Waals surface area contributed by atoms with Gasteiger partial charge in [0.2, 0.25) is 0 Å². The summed E-state index contributed by atoms with van der Waals surface area (Å²) >= 11 is 0. The molecule has 1 aliphatic carbocycles. The normalized spacial score (nSPS) is 24.3. The Morgan fingerprint density at radius 2 is 2.00 bits per heavy atom. The number of hydrogen-bond acceptors (Lipinski definition) is 3. The average Bonchev–Trinajstić information content (AvgIpc) is 2.49. The third-order valence-corrected chi connectivity index (χ3v) is 4.21. The van der Waals surface area contributed by atoms with E-state index in [2.05, 4.69) is 10.1 Å². The number of rotatable bonds is 5. The van der Waals surface area contributed by atoms with Gasteiger partial charge in [0.05, 0.1) is 0 Å². The fourth-order valence-corrected chi connectivity index (χ4v) is 2.75. The highest BCUT2D eigenvalue weighted by Gasteiger charge is 2.42. The molecule has 1 saturated carbocycles. The molecule has 7 heteroatoms. The molecule has 1 aliphatic rings. The minimum Gasteiger partial charge on any atom is -0.480 e. The van der Waals surface area contributed by atoms with Gasteiger partial charge in [-0.3, -0.25) is 4.79 Å². The molecule has 2 rings (SSSR count). The van der Waals surface area contributed by atoms with Crippen molar-refractivity contribution in [3.8, 4) is 5.75 Å². The number of nitrogens with one attached hydrogen (secondary N) is 1. The van der Waals surface area contributed by atoms with Gasteiger partial charge in [0.1, 0.15) is 11.3 Å². The highest BCUT2D eigenvalue weighted by Crippen LogP contribution is 2.32. The largest absolute Gasteiger partial charge is 0.480 e. The summed E-state index contributed by atoms with van der Waals surface area (Å²) in [6, 6.07) is 5.30. The number of carboxylic acids is 1. The van der Waals surface area contributed by atoms with Crippen LogP contribution in [0.1, 0.15) is 43.0 Å². The Morgan fingerprint density at radius 3 is 2.57 bits per heavy atom. The number of carboxylic acid groups (broad SMARTS) is 1. The van der Waals surface area contributed by atoms with Crippen LogP contribution in [0.5, 0.6) is 5.75 Å². The summed E-state index contributed by atoms with van der Waals surface area (Å²) in [6.07, 6.45) is 2.12. The van der Waals surface area contributed by atoms with Crippen LogP contribution in [0.25, 0.3) is 0 Å². The molecule has 1 fully saturated rings. The second-order valence-electron chi connectivity index (χ2n) is 5.93. The number of carbonyl (C=O) groups is 2. The van der Waals surface area contributed by atoms with E-state index in [9.17, 15) is 23.5 Å². The van der Waals surface area contributed by atoms with E-state index in [-0.39, 0.29) is 11.3 Å². The summed E-state index contributed by atoms with van der Waals surface area (Å²) in [5, 5.41) is 12.1. The van der Waals surface area contributed by atoms with Crippen molar-refractivity contribution in [1.29, 1.82) is 0 Å². The van der Waals surface area contributed by atoms with Crippen LogP contribution in [0.15, 0.2) is 24.3 Å². The molecule has 1 amide bonds. The van der Waals surface area contributed by atoms with Crippen molar-refractivity contribution in [2.24, 2.45) is 5.92 Å². The Kier molecular flexibility index (Phi) is 5.18. The van der Waals surface area contributed by atoms with Crippen LogP contribution in [0.4, 0.5) is 8.78 Å². The highest BCUT2D eigenvalue weighted by molar-refractivity contribution is 5.98. The molecule has 126 valence electrons. The van der Waals surface area contributed by atoms with Gasteiger partial charge in [-0.1, -0.05) is 13.0 Å². The molecule has 5 nitrogen and oxygen atoms in total. The van der Waals surface area contributed by atoms with Crippen LogP contribution in [-0.2, 0) is 4.79 Å². The second kappa shape index (κ2) is 6.93. The quantitative estimate of drug-likeness (QED) is 0.871. The number of amides is 1. The Hall–Kier alpha value is -2.18. The van der Waals surface area contributed by atoms with Crippen LogP contribution >= 0.6 is 0 Å². The molecule has 23 heavy (non-hydrogen) atoms. The van der Waals surface area contributed by atoms with E-state index in [0.717, 1.165) is 0 Å². The van der Waals surface area contributed by atoms with Gasteiger partial charge >= 0.3 is 12.6 Å². The van der Waals surface area contributed by atoms with E-state index < -0.39 is 24.0 Å². The van der Waals surface area contributed by atoms with E-state index in [4.69, 9.17) is 0 Å². The van der Waals surface area contributed by atoms with Crippen molar-refractivity contribution in [3.63, 3.8) is 0 Å². The minimum atomic E-state index is -2.99. The molecule has 1 aromatic carbocycles. The SMILES string of the molecule is CC1CCC(NC(=O)c2cccc(OC(F)F)c2)(C(=O)O)CC1. The summed E-state index contributed by atoms with van der Waals surface area (Å²) in [5.41, 5.74) is -1.22. The predicted octanol–water partition coefficient (Wildman–Crippen LogP) is 3.05. The summed E-state index contributed by atoms with van der Waals surface area (Å²) in [6.45, 7) is -0.947. The van der Waals surface area contributed by atoms with Crippen LogP contribution in [-0.4, -0.2) is 29.1 Å². The standard InChI is InChI=1S/C16H19F2NO4/c1-10-5-7-16(8-6-10,14(21)22)19-13(20)11-3-2-4-12(9-11)23-15(17)18/h2-4,9-10,15H,5-8H2,1H3,(H,19,20)(H,21,22). The van der Waals surface area contributed by atoms with Crippen LogP contribution in [0, 0.1) is 5.92 Å². The molecule has 0 aliphatic heterocycles. The lowest BCUT2D eigenvalue weighted by molar-refractivity contribution is -0.146. The van der Waals surface area contributed by atoms with Gasteiger partial charge in [-0.2, -0.15) is 8.78 Å². The van der Waals surface area contributed by atoms with Crippen LogP contribution < -0.4 is 10.1 Å². The molecular weight excluding hydrogens is 308 g/mol. The Balaban J connectivity index is 2.15. The van der Waals surface area contributed by atoms with E-state index in [1.807, 2.05) is 6.92 Å². The van der Waals surface area contributed by atoms with Crippen molar-refractivity contribution < 1.29 is 28.2 Å². The number of alkyl halides is 2. The lowest BCUT2D eigenvalue weighted by Gasteiger charge is -2.36. The first-order valence-electron chi connectivity index (χ1n) is 7.43. The topological polar surface area (TPSA) is 75.6 Å². The number of ether oxygens (including phenoxy) is 1. The molecule has 0 unspecified atom stereocenters. The Bertz CT molecular complexity index is 583. The van der Waals surface area contributed by atoms with Gasteiger partial charge in [0, 0.05) is 5.56 Å². The molecule has 0 aromatic heterocycles. The van der Waals surface area contributed by atoms with Gasteiger partial charge in [-0.15, -0.1) is 0 Å². The molecule has 0 radical (unpaired) electrons. The Labute approximate surface area is 132 Å². The van der Waals surface area contributed by atoms with E-state index in [0.29, 0.717) is 31.6 Å². The van der Waals surface area contributed by atoms with Gasteiger partial charge in [-0.05, 0) is 49.8 Å². The number of hydrogen-bond donors (Lipinski definition) is 2. The monoisotopic (exact) mass is 327 g/mol. The second-order valence-corrected chi connectivity index (χ2v) is 5.93. The van der Waals surface area contributed by atoms with E-state index >= 15 is 0 Å². The highest BCUT2D eigenvalue weighted by atomic mass is 19.3. The summed E-state index contributed by atoms with van der Waals surface area (Å²) in [4.78, 5) is 23.9. The minimum absolute atomic E-state index is 0.0856. The van der Waals surface area contributed by atoms with Crippen molar-refractivity contribution in [3.05, 3.63) is 29.8 Å². The molecular formula is C16H19F2NO4. The summed E-state index contributed by atoms with van der Waals surface area (Å²) in [5.74, 6) is -1.41. The lowest BCUT2D eigenvalue weighted by Crippen LogP contribution is -2.56. The van der Waals surface area contributed by atoms with Crippen LogP contribution in [0.3, 0.4) is 0 Å². The van der Waals surface area contributed by atoms with Crippen molar-refractivity contribution in [2.75, 3.05) is 0 Å². The predicted molar refractivity (Wildman–Crippen MR) is 78.5 cm³/mol. The molecule has 0 spiro atoms. The molecule has 0 heterocycles.